The summed E-state index contributed by atoms with van der Waals surface area (Å²) in [5.41, 5.74) is -0.168. The zero-order valence-electron chi connectivity index (χ0n) is 8.64. The van der Waals surface area contributed by atoms with Crippen LogP contribution in [0.25, 0.3) is 0 Å². The van der Waals surface area contributed by atoms with E-state index in [0.29, 0.717) is 6.04 Å². The lowest BCUT2D eigenvalue weighted by Gasteiger charge is -2.39. The van der Waals surface area contributed by atoms with Crippen LogP contribution in [0.4, 0.5) is 0 Å². The van der Waals surface area contributed by atoms with E-state index in [4.69, 9.17) is 4.74 Å². The lowest BCUT2D eigenvalue weighted by atomic mass is 9.83. The Hall–Kier alpha value is -0.610. The van der Waals surface area contributed by atoms with E-state index in [-0.39, 0.29) is 11.3 Å². The minimum atomic E-state index is -0.168. The van der Waals surface area contributed by atoms with Gasteiger partial charge in [-0.1, -0.05) is 0 Å². The van der Waals surface area contributed by atoms with Gasteiger partial charge in [0, 0.05) is 32.3 Å². The molecule has 0 aromatic carbocycles. The summed E-state index contributed by atoms with van der Waals surface area (Å²) in [6.45, 7) is 5.18. The lowest BCUT2D eigenvalue weighted by Crippen LogP contribution is -2.61. The Morgan fingerprint density at radius 3 is 2.57 bits per heavy atom. The summed E-state index contributed by atoms with van der Waals surface area (Å²) in [7, 11) is 0. The molecule has 14 heavy (non-hydrogen) atoms. The van der Waals surface area contributed by atoms with E-state index in [1.54, 1.807) is 0 Å². The molecule has 4 nitrogen and oxygen atoms in total. The maximum Gasteiger partial charge on any atom is 0.228 e. The first-order valence-electron chi connectivity index (χ1n) is 5.30. The topological polar surface area (TPSA) is 50.4 Å². The summed E-state index contributed by atoms with van der Waals surface area (Å²) in [6, 6.07) is 0.327. The molecule has 0 aromatic rings. The van der Waals surface area contributed by atoms with Crippen LogP contribution in [-0.4, -0.2) is 38.3 Å². The zero-order chi connectivity index (χ0) is 10.0. The van der Waals surface area contributed by atoms with Crippen LogP contribution in [0.2, 0.25) is 0 Å². The average molecular weight is 198 g/mol. The maximum absolute atomic E-state index is 11.8. The standard InChI is InChI=1S/C10H18N2O2/c1-10(6-11-7-10)9(13)12-8-2-4-14-5-3-8/h8,11H,2-7H2,1H3,(H,12,13). The molecule has 2 aliphatic heterocycles. The van der Waals surface area contributed by atoms with Crippen LogP contribution in [0.5, 0.6) is 0 Å². The predicted octanol–water partition coefficient (Wildman–Crippen LogP) is -0.109. The van der Waals surface area contributed by atoms with Gasteiger partial charge in [0.25, 0.3) is 0 Å². The number of hydrogen-bond acceptors (Lipinski definition) is 3. The molecule has 2 rings (SSSR count). The van der Waals surface area contributed by atoms with Crippen LogP contribution in [0, 0.1) is 5.41 Å². The molecule has 0 bridgehead atoms. The average Bonchev–Trinajstić information content (AvgIpc) is 2.15. The first kappa shape index (κ1) is 9.93. The number of amides is 1. The third-order valence-corrected chi connectivity index (χ3v) is 3.14. The summed E-state index contributed by atoms with van der Waals surface area (Å²) in [5, 5.41) is 6.24. The summed E-state index contributed by atoms with van der Waals surface area (Å²) in [4.78, 5) is 11.8. The van der Waals surface area contributed by atoms with E-state index >= 15 is 0 Å². The molecule has 0 aromatic heterocycles. The summed E-state index contributed by atoms with van der Waals surface area (Å²) < 4.78 is 5.24. The van der Waals surface area contributed by atoms with Gasteiger partial charge in [0.05, 0.1) is 5.41 Å². The van der Waals surface area contributed by atoms with Crippen molar-refractivity contribution in [1.29, 1.82) is 0 Å². The third kappa shape index (κ3) is 1.91. The van der Waals surface area contributed by atoms with Gasteiger partial charge in [-0.3, -0.25) is 4.79 Å². The number of rotatable bonds is 2. The number of carbonyl (C=O) groups is 1. The van der Waals surface area contributed by atoms with Crippen LogP contribution in [0.15, 0.2) is 0 Å². The van der Waals surface area contributed by atoms with E-state index in [1.807, 2.05) is 6.92 Å². The van der Waals surface area contributed by atoms with Crippen LogP contribution < -0.4 is 10.6 Å². The highest BCUT2D eigenvalue weighted by Crippen LogP contribution is 2.22. The second-order valence-corrected chi connectivity index (χ2v) is 4.52. The second kappa shape index (κ2) is 3.87. The van der Waals surface area contributed by atoms with Crippen molar-refractivity contribution in [2.75, 3.05) is 26.3 Å². The molecular formula is C10H18N2O2. The minimum absolute atomic E-state index is 0.168. The van der Waals surface area contributed by atoms with Crippen molar-refractivity contribution >= 4 is 5.91 Å². The quantitative estimate of drug-likeness (QED) is 0.651. The molecule has 0 aliphatic carbocycles. The highest BCUT2D eigenvalue weighted by Gasteiger charge is 2.40. The molecule has 0 unspecified atom stereocenters. The van der Waals surface area contributed by atoms with Crippen molar-refractivity contribution < 1.29 is 9.53 Å². The van der Waals surface area contributed by atoms with Crippen LogP contribution in [0.1, 0.15) is 19.8 Å². The first-order chi connectivity index (χ1) is 6.71. The molecule has 0 radical (unpaired) electrons. The molecule has 2 N–H and O–H groups in total. The Morgan fingerprint density at radius 2 is 2.07 bits per heavy atom. The number of hydrogen-bond donors (Lipinski definition) is 2. The van der Waals surface area contributed by atoms with Crippen molar-refractivity contribution in [1.82, 2.24) is 10.6 Å². The van der Waals surface area contributed by atoms with E-state index in [2.05, 4.69) is 10.6 Å². The lowest BCUT2D eigenvalue weighted by molar-refractivity contribution is -0.134. The van der Waals surface area contributed by atoms with Gasteiger partial charge >= 0.3 is 0 Å². The molecule has 4 heteroatoms. The van der Waals surface area contributed by atoms with E-state index < -0.39 is 0 Å². The monoisotopic (exact) mass is 198 g/mol. The Labute approximate surface area is 84.4 Å². The van der Waals surface area contributed by atoms with Crippen molar-refractivity contribution in [3.05, 3.63) is 0 Å². The van der Waals surface area contributed by atoms with Crippen LogP contribution in [-0.2, 0) is 9.53 Å². The predicted molar refractivity (Wildman–Crippen MR) is 53.0 cm³/mol. The SMILES string of the molecule is CC1(C(=O)NC2CCOCC2)CNC1. The number of nitrogens with one attached hydrogen (secondary N) is 2. The van der Waals surface area contributed by atoms with Gasteiger partial charge < -0.3 is 15.4 Å². The van der Waals surface area contributed by atoms with Gasteiger partial charge in [0.2, 0.25) is 5.91 Å². The summed E-state index contributed by atoms with van der Waals surface area (Å²) in [6.07, 6.45) is 1.91. The molecule has 0 spiro atoms. The fraction of sp³-hybridized carbons (Fsp3) is 0.900. The fourth-order valence-electron chi connectivity index (χ4n) is 1.86. The molecule has 80 valence electrons. The highest BCUT2D eigenvalue weighted by atomic mass is 16.5. The molecule has 1 amide bonds. The minimum Gasteiger partial charge on any atom is -0.381 e. The largest absolute Gasteiger partial charge is 0.381 e. The number of ether oxygens (including phenoxy) is 1. The van der Waals surface area contributed by atoms with Gasteiger partial charge in [-0.25, -0.2) is 0 Å². The zero-order valence-corrected chi connectivity index (χ0v) is 8.64. The first-order valence-corrected chi connectivity index (χ1v) is 5.30. The molecule has 2 aliphatic rings. The van der Waals surface area contributed by atoms with Crippen LogP contribution in [0.3, 0.4) is 0 Å². The van der Waals surface area contributed by atoms with Gasteiger partial charge in [-0.2, -0.15) is 0 Å². The molecular weight excluding hydrogens is 180 g/mol. The smallest absolute Gasteiger partial charge is 0.228 e. The summed E-state index contributed by atoms with van der Waals surface area (Å²) in [5.74, 6) is 0.197. The molecule has 2 fully saturated rings. The van der Waals surface area contributed by atoms with Crippen molar-refractivity contribution in [3.8, 4) is 0 Å². The van der Waals surface area contributed by atoms with E-state index in [9.17, 15) is 4.79 Å². The van der Waals surface area contributed by atoms with E-state index in [0.717, 1.165) is 39.1 Å². The Kier molecular flexibility index (Phi) is 2.74. The Morgan fingerprint density at radius 1 is 1.43 bits per heavy atom. The van der Waals surface area contributed by atoms with Gasteiger partial charge in [0.15, 0.2) is 0 Å². The van der Waals surface area contributed by atoms with Gasteiger partial charge in [-0.15, -0.1) is 0 Å². The maximum atomic E-state index is 11.8. The Balaban J connectivity index is 1.81. The normalized spacial score (nSPS) is 26.6. The van der Waals surface area contributed by atoms with Gasteiger partial charge in [0.1, 0.15) is 0 Å². The van der Waals surface area contributed by atoms with E-state index in [1.165, 1.54) is 0 Å². The van der Waals surface area contributed by atoms with Crippen molar-refractivity contribution in [2.45, 2.75) is 25.8 Å². The number of carbonyl (C=O) groups excluding carboxylic acids is 1. The second-order valence-electron chi connectivity index (χ2n) is 4.52. The fourth-order valence-corrected chi connectivity index (χ4v) is 1.86. The Bertz CT molecular complexity index is 220. The van der Waals surface area contributed by atoms with Crippen molar-refractivity contribution in [3.63, 3.8) is 0 Å². The summed E-state index contributed by atoms with van der Waals surface area (Å²) >= 11 is 0. The van der Waals surface area contributed by atoms with Gasteiger partial charge in [-0.05, 0) is 19.8 Å². The molecule has 0 atom stereocenters. The molecule has 2 saturated heterocycles. The van der Waals surface area contributed by atoms with Crippen molar-refractivity contribution in [2.24, 2.45) is 5.41 Å². The molecule has 0 saturated carbocycles. The van der Waals surface area contributed by atoms with Crippen LogP contribution >= 0.6 is 0 Å². The highest BCUT2D eigenvalue weighted by molar-refractivity contribution is 5.84. The molecule has 2 heterocycles. The third-order valence-electron chi connectivity index (χ3n) is 3.14.